The molecule has 1 aromatic rings. The first-order chi connectivity index (χ1) is 9.95. The summed E-state index contributed by atoms with van der Waals surface area (Å²) < 4.78 is 0. The van der Waals surface area contributed by atoms with E-state index in [0.717, 1.165) is 11.3 Å². The van der Waals surface area contributed by atoms with Crippen molar-refractivity contribution < 1.29 is 14.4 Å². The van der Waals surface area contributed by atoms with Gasteiger partial charge in [0.25, 0.3) is 5.91 Å². The van der Waals surface area contributed by atoms with Gasteiger partial charge in [-0.15, -0.1) is 0 Å². The minimum atomic E-state index is -0.705. The van der Waals surface area contributed by atoms with Gasteiger partial charge in [0.15, 0.2) is 0 Å². The number of anilines is 1. The number of rotatable bonds is 8. The van der Waals surface area contributed by atoms with Gasteiger partial charge in [0.1, 0.15) is 13.1 Å². The summed E-state index contributed by atoms with van der Waals surface area (Å²) in [5.74, 6) is -1.88. The minimum Gasteiger partial charge on any atom is -0.384 e. The van der Waals surface area contributed by atoms with Crippen LogP contribution in [0.1, 0.15) is 23.7 Å². The second-order valence-corrected chi connectivity index (χ2v) is 4.57. The van der Waals surface area contributed by atoms with E-state index in [2.05, 4.69) is 5.32 Å². The highest BCUT2D eigenvalue weighted by Gasteiger charge is 2.21. The molecular weight excluding hydrogens is 272 g/mol. The maximum absolute atomic E-state index is 12.5. The Morgan fingerprint density at radius 3 is 2.19 bits per heavy atom. The molecule has 21 heavy (non-hydrogen) atoms. The fourth-order valence-electron chi connectivity index (χ4n) is 1.83. The Morgan fingerprint density at radius 1 is 1.10 bits per heavy atom. The maximum Gasteiger partial charge on any atom is 0.256 e. The van der Waals surface area contributed by atoms with Crippen LogP contribution in [-0.4, -0.2) is 42.3 Å². The van der Waals surface area contributed by atoms with Crippen LogP contribution in [0.3, 0.4) is 0 Å². The number of para-hydroxylation sites is 1. The summed E-state index contributed by atoms with van der Waals surface area (Å²) in [6.07, 6.45) is 0.898. The Kier molecular flexibility index (Phi) is 6.19. The van der Waals surface area contributed by atoms with Gasteiger partial charge in [-0.05, 0) is 18.6 Å². The normalized spacial score (nSPS) is 9.95. The monoisotopic (exact) mass is 292 g/mol. The fraction of sp³-hybridized carbons (Fsp3) is 0.357. The first-order valence-corrected chi connectivity index (χ1v) is 6.64. The Morgan fingerprint density at radius 2 is 1.67 bits per heavy atom. The van der Waals surface area contributed by atoms with Gasteiger partial charge in [-0.2, -0.15) is 0 Å². The summed E-state index contributed by atoms with van der Waals surface area (Å²) in [7, 11) is 0. The number of benzene rings is 1. The highest BCUT2D eigenvalue weighted by molar-refractivity contribution is 6.02. The molecule has 0 atom stereocenters. The Labute approximate surface area is 123 Å². The van der Waals surface area contributed by atoms with Crippen LogP contribution in [0.15, 0.2) is 24.3 Å². The van der Waals surface area contributed by atoms with Gasteiger partial charge in [0, 0.05) is 12.2 Å². The fourth-order valence-corrected chi connectivity index (χ4v) is 1.83. The molecule has 0 aliphatic carbocycles. The summed E-state index contributed by atoms with van der Waals surface area (Å²) >= 11 is 0. The predicted octanol–water partition coefficient (Wildman–Crippen LogP) is -0.0787. The quantitative estimate of drug-likeness (QED) is 0.621. The molecule has 5 N–H and O–H groups in total. The lowest BCUT2D eigenvalue weighted by atomic mass is 10.1. The van der Waals surface area contributed by atoms with Crippen molar-refractivity contribution in [3.05, 3.63) is 29.8 Å². The first-order valence-electron chi connectivity index (χ1n) is 6.64. The van der Waals surface area contributed by atoms with E-state index < -0.39 is 17.7 Å². The highest BCUT2D eigenvalue weighted by Crippen LogP contribution is 2.17. The van der Waals surface area contributed by atoms with Crippen molar-refractivity contribution in [2.24, 2.45) is 11.5 Å². The van der Waals surface area contributed by atoms with Crippen LogP contribution >= 0.6 is 0 Å². The van der Waals surface area contributed by atoms with Crippen LogP contribution in [0.5, 0.6) is 0 Å². The molecule has 114 valence electrons. The zero-order valence-corrected chi connectivity index (χ0v) is 12.0. The van der Waals surface area contributed by atoms with Crippen LogP contribution in [0.25, 0.3) is 0 Å². The van der Waals surface area contributed by atoms with Crippen LogP contribution in [0, 0.1) is 0 Å². The molecule has 0 aliphatic rings. The van der Waals surface area contributed by atoms with Gasteiger partial charge in [0.05, 0.1) is 5.56 Å². The second kappa shape index (κ2) is 7.88. The summed E-state index contributed by atoms with van der Waals surface area (Å²) in [6, 6.07) is 6.88. The van der Waals surface area contributed by atoms with Crippen molar-refractivity contribution in [2.75, 3.05) is 25.0 Å². The third-order valence-electron chi connectivity index (χ3n) is 2.70. The standard InChI is InChI=1S/C14H20N4O3/c1-2-7-17-11-6-4-3-5-10(11)14(21)18(8-12(15)19)9-13(16)20/h3-6,17H,2,7-9H2,1H3,(H2,15,19)(H2,16,20). The maximum atomic E-state index is 12.5. The number of hydrogen-bond acceptors (Lipinski definition) is 4. The molecule has 7 nitrogen and oxygen atoms in total. The van der Waals surface area contributed by atoms with Crippen LogP contribution in [0.2, 0.25) is 0 Å². The van der Waals surface area contributed by atoms with E-state index >= 15 is 0 Å². The summed E-state index contributed by atoms with van der Waals surface area (Å²) in [4.78, 5) is 35.6. The molecule has 3 amide bonds. The average molecular weight is 292 g/mol. The number of nitrogens with two attached hydrogens (primary N) is 2. The van der Waals surface area contributed by atoms with E-state index in [1.807, 2.05) is 6.92 Å². The molecule has 0 aliphatic heterocycles. The molecule has 0 radical (unpaired) electrons. The lowest BCUT2D eigenvalue weighted by Gasteiger charge is -2.21. The average Bonchev–Trinajstić information content (AvgIpc) is 2.43. The van der Waals surface area contributed by atoms with Gasteiger partial charge in [-0.1, -0.05) is 19.1 Å². The molecule has 0 aromatic heterocycles. The molecule has 0 spiro atoms. The van der Waals surface area contributed by atoms with E-state index in [4.69, 9.17) is 11.5 Å². The SMILES string of the molecule is CCCNc1ccccc1C(=O)N(CC(N)=O)CC(N)=O. The molecule has 0 unspecified atom stereocenters. The molecule has 1 aromatic carbocycles. The highest BCUT2D eigenvalue weighted by atomic mass is 16.2. The Hall–Kier alpha value is -2.57. The second-order valence-electron chi connectivity index (χ2n) is 4.57. The molecule has 0 heterocycles. The largest absolute Gasteiger partial charge is 0.384 e. The van der Waals surface area contributed by atoms with E-state index in [-0.39, 0.29) is 13.1 Å². The Balaban J connectivity index is 3.01. The van der Waals surface area contributed by atoms with Gasteiger partial charge >= 0.3 is 0 Å². The molecule has 0 bridgehead atoms. The van der Waals surface area contributed by atoms with Crippen molar-refractivity contribution in [2.45, 2.75) is 13.3 Å². The first kappa shape index (κ1) is 16.5. The molecular formula is C14H20N4O3. The van der Waals surface area contributed by atoms with Crippen molar-refractivity contribution >= 4 is 23.4 Å². The van der Waals surface area contributed by atoms with E-state index in [0.29, 0.717) is 17.8 Å². The third kappa shape index (κ3) is 5.13. The number of hydrogen-bond donors (Lipinski definition) is 3. The molecule has 7 heteroatoms. The molecule has 0 saturated carbocycles. The van der Waals surface area contributed by atoms with Crippen LogP contribution in [-0.2, 0) is 9.59 Å². The van der Waals surface area contributed by atoms with E-state index in [1.165, 1.54) is 0 Å². The van der Waals surface area contributed by atoms with Crippen LogP contribution in [0.4, 0.5) is 5.69 Å². The number of primary amides is 2. The van der Waals surface area contributed by atoms with Crippen molar-refractivity contribution in [1.82, 2.24) is 4.90 Å². The lowest BCUT2D eigenvalue weighted by Crippen LogP contribution is -2.43. The number of carbonyl (C=O) groups excluding carboxylic acids is 3. The predicted molar refractivity (Wildman–Crippen MR) is 79.5 cm³/mol. The van der Waals surface area contributed by atoms with Gasteiger partial charge in [0.2, 0.25) is 11.8 Å². The van der Waals surface area contributed by atoms with Gasteiger partial charge in [-0.3, -0.25) is 14.4 Å². The van der Waals surface area contributed by atoms with Crippen LogP contribution < -0.4 is 16.8 Å². The number of carbonyl (C=O) groups is 3. The zero-order chi connectivity index (χ0) is 15.8. The number of nitrogens with one attached hydrogen (secondary N) is 1. The summed E-state index contributed by atoms with van der Waals surface area (Å²) in [5.41, 5.74) is 11.2. The Bertz CT molecular complexity index is 515. The lowest BCUT2D eigenvalue weighted by molar-refractivity contribution is -0.121. The zero-order valence-electron chi connectivity index (χ0n) is 12.0. The van der Waals surface area contributed by atoms with E-state index in [9.17, 15) is 14.4 Å². The van der Waals surface area contributed by atoms with E-state index in [1.54, 1.807) is 24.3 Å². The topological polar surface area (TPSA) is 119 Å². The van der Waals surface area contributed by atoms with Gasteiger partial charge < -0.3 is 21.7 Å². The summed E-state index contributed by atoms with van der Waals surface area (Å²) in [5, 5.41) is 3.13. The molecule has 0 fully saturated rings. The van der Waals surface area contributed by atoms with Gasteiger partial charge in [-0.25, -0.2) is 0 Å². The number of nitrogens with zero attached hydrogens (tertiary/aromatic N) is 1. The van der Waals surface area contributed by atoms with Crippen molar-refractivity contribution in [3.8, 4) is 0 Å². The van der Waals surface area contributed by atoms with Crippen molar-refractivity contribution in [1.29, 1.82) is 0 Å². The van der Waals surface area contributed by atoms with Crippen molar-refractivity contribution in [3.63, 3.8) is 0 Å². The smallest absolute Gasteiger partial charge is 0.256 e. The summed E-state index contributed by atoms with van der Waals surface area (Å²) in [6.45, 7) is 1.99. The number of amides is 3. The molecule has 1 rings (SSSR count). The third-order valence-corrected chi connectivity index (χ3v) is 2.70. The molecule has 0 saturated heterocycles. The minimum absolute atomic E-state index is 0.357.